The summed E-state index contributed by atoms with van der Waals surface area (Å²) in [6.07, 6.45) is 0. The van der Waals surface area contributed by atoms with Gasteiger partial charge in [-0.1, -0.05) is 48.0 Å². The Morgan fingerprint density at radius 1 is 0.923 bits per heavy atom. The van der Waals surface area contributed by atoms with Gasteiger partial charge >= 0.3 is 0 Å². The number of pyridine rings is 1. The molecule has 0 spiro atoms. The van der Waals surface area contributed by atoms with Crippen LogP contribution in [0.15, 0.2) is 65.6 Å². The normalized spacial score (nSPS) is 14.4. The van der Waals surface area contributed by atoms with Gasteiger partial charge in [0.05, 0.1) is 10.6 Å². The van der Waals surface area contributed by atoms with Crippen molar-refractivity contribution in [2.45, 2.75) is 31.8 Å². The van der Waals surface area contributed by atoms with Crippen molar-refractivity contribution in [3.8, 4) is 11.3 Å². The average Bonchev–Trinajstić information content (AvgIpc) is 3.08. The lowest BCUT2D eigenvalue weighted by molar-refractivity contribution is 0.431. The molecule has 5 heteroatoms. The van der Waals surface area contributed by atoms with Crippen LogP contribution in [0.4, 0.5) is 0 Å². The molecular weight excluding hydrogens is 344 g/mol. The molecule has 0 unspecified atom stereocenters. The molecule has 0 N–H and O–H groups in total. The van der Waals surface area contributed by atoms with Crippen LogP contribution in [0.3, 0.4) is 0 Å². The van der Waals surface area contributed by atoms with Crippen molar-refractivity contribution < 1.29 is 8.42 Å². The van der Waals surface area contributed by atoms with Crippen molar-refractivity contribution in [2.75, 3.05) is 0 Å². The first kappa shape index (κ1) is 16.9. The van der Waals surface area contributed by atoms with Crippen molar-refractivity contribution in [1.29, 1.82) is 0 Å². The molecule has 1 aromatic heterocycles. The van der Waals surface area contributed by atoms with Gasteiger partial charge in [-0.2, -0.15) is 4.31 Å². The molecule has 0 amide bonds. The summed E-state index contributed by atoms with van der Waals surface area (Å²) in [5.41, 5.74) is 5.91. The van der Waals surface area contributed by atoms with Crippen molar-refractivity contribution in [3.05, 3.63) is 83.0 Å². The van der Waals surface area contributed by atoms with Gasteiger partial charge in [-0.25, -0.2) is 8.42 Å². The van der Waals surface area contributed by atoms with E-state index >= 15 is 0 Å². The molecule has 4 nitrogen and oxygen atoms in total. The van der Waals surface area contributed by atoms with E-state index in [1.165, 1.54) is 4.31 Å². The average molecular weight is 364 g/mol. The second kappa shape index (κ2) is 6.34. The Morgan fingerprint density at radius 3 is 2.31 bits per heavy atom. The third-order valence-corrected chi connectivity index (χ3v) is 6.64. The minimum atomic E-state index is -3.51. The third kappa shape index (κ3) is 2.93. The van der Waals surface area contributed by atoms with Crippen molar-refractivity contribution in [3.63, 3.8) is 0 Å². The van der Waals surface area contributed by atoms with E-state index < -0.39 is 10.0 Å². The topological polar surface area (TPSA) is 50.3 Å². The van der Waals surface area contributed by atoms with E-state index in [0.717, 1.165) is 33.6 Å². The van der Waals surface area contributed by atoms with Crippen LogP contribution in [-0.4, -0.2) is 17.7 Å². The van der Waals surface area contributed by atoms with Crippen LogP contribution in [0.2, 0.25) is 0 Å². The Kier molecular flexibility index (Phi) is 4.13. The Morgan fingerprint density at radius 2 is 1.62 bits per heavy atom. The third-order valence-electron chi connectivity index (χ3n) is 4.83. The Balaban J connectivity index is 1.69. The molecule has 0 aliphatic carbocycles. The Hall–Kier alpha value is -2.50. The number of nitrogens with zero attached hydrogens (tertiary/aromatic N) is 2. The number of benzene rings is 2. The summed E-state index contributed by atoms with van der Waals surface area (Å²) in [7, 11) is -3.51. The molecule has 0 saturated heterocycles. The van der Waals surface area contributed by atoms with Gasteiger partial charge in [0, 0.05) is 24.3 Å². The predicted octanol–water partition coefficient (Wildman–Crippen LogP) is 4.07. The number of aryl methyl sites for hydroxylation is 2. The van der Waals surface area contributed by atoms with Gasteiger partial charge in [0.2, 0.25) is 10.0 Å². The summed E-state index contributed by atoms with van der Waals surface area (Å²) in [6.45, 7) is 4.66. The lowest BCUT2D eigenvalue weighted by Gasteiger charge is -2.15. The molecule has 0 fully saturated rings. The van der Waals surface area contributed by atoms with E-state index in [-0.39, 0.29) is 0 Å². The first-order chi connectivity index (χ1) is 12.4. The van der Waals surface area contributed by atoms with E-state index in [0.29, 0.717) is 18.0 Å². The maximum Gasteiger partial charge on any atom is 0.243 e. The number of hydrogen-bond donors (Lipinski definition) is 0. The van der Waals surface area contributed by atoms with Gasteiger partial charge in [-0.15, -0.1) is 0 Å². The van der Waals surface area contributed by atoms with Gasteiger partial charge in [0.25, 0.3) is 0 Å². The fraction of sp³-hybridized carbons (Fsp3) is 0.190. The number of aromatic nitrogens is 1. The molecule has 2 aromatic carbocycles. The first-order valence-electron chi connectivity index (χ1n) is 8.57. The number of fused-ring (bicyclic) bond motifs is 1. The van der Waals surface area contributed by atoms with E-state index in [2.05, 4.69) is 0 Å². The minimum absolute atomic E-state index is 0.338. The van der Waals surface area contributed by atoms with Gasteiger partial charge in [-0.3, -0.25) is 4.98 Å². The highest BCUT2D eigenvalue weighted by molar-refractivity contribution is 7.89. The first-order valence-corrected chi connectivity index (χ1v) is 10.0. The van der Waals surface area contributed by atoms with Crippen LogP contribution in [-0.2, 0) is 23.1 Å². The molecule has 0 bridgehead atoms. The van der Waals surface area contributed by atoms with Gasteiger partial charge in [0.15, 0.2) is 0 Å². The number of rotatable bonds is 3. The molecule has 3 aromatic rings. The fourth-order valence-corrected chi connectivity index (χ4v) is 4.72. The summed E-state index contributed by atoms with van der Waals surface area (Å²) in [6, 6.07) is 19.0. The van der Waals surface area contributed by atoms with Crippen LogP contribution in [0.25, 0.3) is 11.3 Å². The van der Waals surface area contributed by atoms with Crippen LogP contribution in [0, 0.1) is 13.8 Å². The van der Waals surface area contributed by atoms with Crippen LogP contribution in [0.1, 0.15) is 22.4 Å². The highest BCUT2D eigenvalue weighted by atomic mass is 32.2. The van der Waals surface area contributed by atoms with Crippen molar-refractivity contribution in [2.24, 2.45) is 0 Å². The minimum Gasteiger partial charge on any atom is -0.253 e. The second-order valence-electron chi connectivity index (χ2n) is 6.68. The zero-order valence-electron chi connectivity index (χ0n) is 14.8. The smallest absolute Gasteiger partial charge is 0.243 e. The fourth-order valence-electron chi connectivity index (χ4n) is 3.33. The summed E-state index contributed by atoms with van der Waals surface area (Å²) in [5.74, 6) is 0. The molecule has 0 atom stereocenters. The molecule has 4 rings (SSSR count). The molecule has 0 saturated carbocycles. The highest BCUT2D eigenvalue weighted by Crippen LogP contribution is 2.32. The van der Waals surface area contributed by atoms with Gasteiger partial charge in [0.1, 0.15) is 0 Å². The Bertz CT molecular complexity index is 1060. The molecule has 1 aliphatic heterocycles. The molecule has 0 radical (unpaired) electrons. The number of hydrogen-bond acceptors (Lipinski definition) is 3. The Labute approximate surface area is 154 Å². The largest absolute Gasteiger partial charge is 0.253 e. The van der Waals surface area contributed by atoms with E-state index in [4.69, 9.17) is 4.98 Å². The highest BCUT2D eigenvalue weighted by Gasteiger charge is 2.32. The van der Waals surface area contributed by atoms with E-state index in [9.17, 15) is 8.42 Å². The molecule has 1 aliphatic rings. The van der Waals surface area contributed by atoms with Gasteiger partial charge in [-0.05, 0) is 43.2 Å². The SMILES string of the molecule is Cc1ccc(S(=O)(=O)N2Cc3cc(-c4ccccc4)nc(C)c3C2)cc1. The summed E-state index contributed by atoms with van der Waals surface area (Å²) in [4.78, 5) is 5.03. The quantitative estimate of drug-likeness (QED) is 0.704. The molecule has 2 heterocycles. The number of sulfonamides is 1. The van der Waals surface area contributed by atoms with Crippen molar-refractivity contribution in [1.82, 2.24) is 9.29 Å². The monoisotopic (exact) mass is 364 g/mol. The maximum atomic E-state index is 13.0. The zero-order chi connectivity index (χ0) is 18.3. The van der Waals surface area contributed by atoms with Crippen LogP contribution in [0.5, 0.6) is 0 Å². The lowest BCUT2D eigenvalue weighted by atomic mass is 10.0. The summed E-state index contributed by atoms with van der Waals surface area (Å²) in [5, 5.41) is 0. The lowest BCUT2D eigenvalue weighted by Crippen LogP contribution is -2.25. The molecule has 132 valence electrons. The molecular formula is C21H20N2O2S. The zero-order valence-corrected chi connectivity index (χ0v) is 15.6. The second-order valence-corrected chi connectivity index (χ2v) is 8.62. The summed E-state index contributed by atoms with van der Waals surface area (Å²) >= 11 is 0. The predicted molar refractivity (Wildman–Crippen MR) is 102 cm³/mol. The maximum absolute atomic E-state index is 13.0. The van der Waals surface area contributed by atoms with Crippen molar-refractivity contribution >= 4 is 10.0 Å². The van der Waals surface area contributed by atoms with Crippen LogP contribution < -0.4 is 0 Å². The molecule has 26 heavy (non-hydrogen) atoms. The van der Waals surface area contributed by atoms with E-state index in [1.54, 1.807) is 12.1 Å². The van der Waals surface area contributed by atoms with Crippen LogP contribution >= 0.6 is 0 Å². The standard InChI is InChI=1S/C21H20N2O2S/c1-15-8-10-19(11-9-15)26(24,25)23-13-18-12-21(17-6-4-3-5-7-17)22-16(2)20(18)14-23/h3-12H,13-14H2,1-2H3. The van der Waals surface area contributed by atoms with Gasteiger partial charge < -0.3 is 0 Å². The summed E-state index contributed by atoms with van der Waals surface area (Å²) < 4.78 is 27.5. The van der Waals surface area contributed by atoms with E-state index in [1.807, 2.05) is 62.4 Å².